The van der Waals surface area contributed by atoms with E-state index < -0.39 is 68.5 Å². The summed E-state index contributed by atoms with van der Waals surface area (Å²) in [5.41, 5.74) is 0.116. The fourth-order valence-electron chi connectivity index (χ4n) is 6.23. The smallest absolute Gasteiger partial charge is 0.336 e. The van der Waals surface area contributed by atoms with E-state index in [2.05, 4.69) is 33.4 Å². The van der Waals surface area contributed by atoms with E-state index in [9.17, 15) is 32.0 Å². The first-order valence-corrected chi connectivity index (χ1v) is 14.6. The minimum atomic E-state index is -4.83. The number of nitriles is 1. The van der Waals surface area contributed by atoms with Crippen molar-refractivity contribution in [1.29, 1.82) is 5.26 Å². The highest BCUT2D eigenvalue weighted by molar-refractivity contribution is 7.90. The normalized spacial score (nSPS) is 30.9. The molecule has 10 nitrogen and oxygen atoms in total. The number of carbonyl (C=O) groups excluding carboxylic acids is 2. The fraction of sp³-hybridized carbons (Fsp3) is 0.577. The van der Waals surface area contributed by atoms with Crippen LogP contribution in [0.25, 0.3) is 0 Å². The van der Waals surface area contributed by atoms with Gasteiger partial charge in [-0.15, -0.1) is 0 Å². The Bertz CT molecular complexity index is 1330. The molecule has 212 valence electrons. The highest BCUT2D eigenvalue weighted by Crippen LogP contribution is 2.38. The number of urea groups is 1. The number of halogens is 2. The Morgan fingerprint density at radius 3 is 2.72 bits per heavy atom. The van der Waals surface area contributed by atoms with E-state index in [1.165, 1.54) is 0 Å². The molecule has 1 saturated heterocycles. The van der Waals surface area contributed by atoms with E-state index >= 15 is 0 Å². The van der Waals surface area contributed by atoms with Crippen LogP contribution in [0.15, 0.2) is 28.7 Å². The van der Waals surface area contributed by atoms with Crippen LogP contribution in [0.3, 0.4) is 0 Å². The molecule has 4 N–H and O–H groups in total. The second kappa shape index (κ2) is 11.2. The Morgan fingerprint density at radius 2 is 2.00 bits per heavy atom. The summed E-state index contributed by atoms with van der Waals surface area (Å²) in [7, 11) is -4.83. The summed E-state index contributed by atoms with van der Waals surface area (Å²) in [6.45, 7) is 4.81. The highest BCUT2D eigenvalue weighted by atomic mass is 32.2. The van der Waals surface area contributed by atoms with Crippen molar-refractivity contribution in [2.75, 3.05) is 11.9 Å². The molecule has 0 radical (unpaired) electrons. The van der Waals surface area contributed by atoms with Crippen molar-refractivity contribution in [2.45, 2.75) is 88.0 Å². The van der Waals surface area contributed by atoms with Gasteiger partial charge in [0.25, 0.3) is 10.0 Å². The molecular formula is C26H34F2N6O4S. The number of benzene rings is 1. The topological polar surface area (TPSA) is 143 Å². The van der Waals surface area contributed by atoms with Gasteiger partial charge in [-0.3, -0.25) is 15.4 Å². The van der Waals surface area contributed by atoms with Gasteiger partial charge in [0, 0.05) is 23.5 Å². The number of nitrogens with zero attached hydrogens (tertiary/aromatic N) is 2. The predicted octanol–water partition coefficient (Wildman–Crippen LogP) is 3.09. The van der Waals surface area contributed by atoms with Crippen molar-refractivity contribution in [3.63, 3.8) is 0 Å². The zero-order valence-corrected chi connectivity index (χ0v) is 23.0. The summed E-state index contributed by atoms with van der Waals surface area (Å²) in [6, 6.07) is 2.00. The first-order valence-electron chi connectivity index (χ1n) is 13.1. The average molecular weight is 565 g/mol. The number of amides is 3. The molecule has 4 rings (SSSR count). The van der Waals surface area contributed by atoms with Crippen molar-refractivity contribution >= 4 is 27.6 Å². The molecule has 0 saturated carbocycles. The van der Waals surface area contributed by atoms with Crippen LogP contribution in [-0.2, 0) is 14.8 Å². The first-order chi connectivity index (χ1) is 18.4. The molecule has 13 heteroatoms. The molecule has 3 amide bonds. The Morgan fingerprint density at radius 1 is 1.28 bits per heavy atom. The maximum Gasteiger partial charge on any atom is 0.336 e. The summed E-state index contributed by atoms with van der Waals surface area (Å²) in [5, 5.41) is 21.3. The lowest BCUT2D eigenvalue weighted by atomic mass is 9.68. The van der Waals surface area contributed by atoms with Crippen LogP contribution in [0.4, 0.5) is 19.3 Å². The molecule has 39 heavy (non-hydrogen) atoms. The zero-order chi connectivity index (χ0) is 28.5. The van der Waals surface area contributed by atoms with Crippen LogP contribution < -0.4 is 21.3 Å². The van der Waals surface area contributed by atoms with Gasteiger partial charge in [-0.2, -0.15) is 5.26 Å². The lowest BCUT2D eigenvalue weighted by Crippen LogP contribution is -2.72. The van der Waals surface area contributed by atoms with Crippen LogP contribution in [0, 0.1) is 28.9 Å². The van der Waals surface area contributed by atoms with Crippen LogP contribution >= 0.6 is 0 Å². The highest BCUT2D eigenvalue weighted by Gasteiger charge is 2.49. The average Bonchev–Trinajstić information content (AvgIpc) is 2.82. The Labute approximate surface area is 227 Å². The standard InChI is InChI=1S/C26H34F2N6O4S/c1-15-22(26(3,33-20(13-29)30-15)17-9-7-5-4-6-8-10-17)16(2)31-21(35)14-34-25(36)32-19-12-11-18(27)23(28)24(19)39(34,37)38/h9,11-12,15-16,20,22,30,33H,4-8,10,14H2,1-3H3,(H,31,35)(H,32,36)/b17-9+/t15?,16-,20?,22?,26?/m0/s1. The molecule has 4 unspecified atom stereocenters. The lowest BCUT2D eigenvalue weighted by molar-refractivity contribution is -0.122. The van der Waals surface area contributed by atoms with Crippen LogP contribution in [0.1, 0.15) is 59.3 Å². The maximum absolute atomic E-state index is 14.4. The predicted molar refractivity (Wildman–Crippen MR) is 140 cm³/mol. The molecule has 3 aliphatic rings. The summed E-state index contributed by atoms with van der Waals surface area (Å²) in [5.74, 6) is -4.06. The summed E-state index contributed by atoms with van der Waals surface area (Å²) in [6.07, 6.45) is 7.74. The van der Waals surface area contributed by atoms with Gasteiger partial charge in [-0.1, -0.05) is 24.5 Å². The molecule has 0 aromatic heterocycles. The van der Waals surface area contributed by atoms with Crippen LogP contribution in [-0.4, -0.2) is 55.0 Å². The van der Waals surface area contributed by atoms with Gasteiger partial charge in [-0.05, 0) is 58.6 Å². The molecular weight excluding hydrogens is 530 g/mol. The van der Waals surface area contributed by atoms with Crippen molar-refractivity contribution in [3.8, 4) is 6.07 Å². The SMILES string of the molecule is CC1NC(C#N)NC(C)(/C2=C/CCCCCC2)C1[C@H](C)NC(=O)CN1C(=O)Nc2ccc(F)c(F)c2S1(=O)=O. The number of hydrogen-bond acceptors (Lipinski definition) is 7. The number of rotatable bonds is 5. The van der Waals surface area contributed by atoms with E-state index in [1.807, 2.05) is 13.8 Å². The minimum Gasteiger partial charge on any atom is -0.352 e. The van der Waals surface area contributed by atoms with Gasteiger partial charge in [0.2, 0.25) is 5.91 Å². The molecule has 0 bridgehead atoms. The molecule has 1 aliphatic carbocycles. The third-order valence-electron chi connectivity index (χ3n) is 7.95. The van der Waals surface area contributed by atoms with Crippen molar-refractivity contribution < 1.29 is 26.8 Å². The third kappa shape index (κ3) is 5.50. The second-order valence-corrected chi connectivity index (χ2v) is 12.4. The minimum absolute atomic E-state index is 0.197. The molecule has 1 fully saturated rings. The number of carbonyl (C=O) groups is 2. The van der Waals surface area contributed by atoms with Gasteiger partial charge in [0.1, 0.15) is 17.6 Å². The Hall–Kier alpha value is -3.08. The number of fused-ring (bicyclic) bond motifs is 1. The van der Waals surface area contributed by atoms with Crippen molar-refractivity contribution in [2.24, 2.45) is 5.92 Å². The molecule has 2 aliphatic heterocycles. The van der Waals surface area contributed by atoms with Crippen molar-refractivity contribution in [1.82, 2.24) is 20.3 Å². The fourth-order valence-corrected chi connectivity index (χ4v) is 7.73. The number of nitrogens with one attached hydrogen (secondary N) is 4. The van der Waals surface area contributed by atoms with Gasteiger partial charge < -0.3 is 10.6 Å². The summed E-state index contributed by atoms with van der Waals surface area (Å²) in [4.78, 5) is 24.6. The molecule has 2 heterocycles. The van der Waals surface area contributed by atoms with E-state index in [0.29, 0.717) is 6.07 Å². The molecule has 0 spiro atoms. The van der Waals surface area contributed by atoms with E-state index in [1.54, 1.807) is 6.92 Å². The maximum atomic E-state index is 14.4. The quantitative estimate of drug-likeness (QED) is 0.403. The summed E-state index contributed by atoms with van der Waals surface area (Å²) >= 11 is 0. The first kappa shape index (κ1) is 28.9. The largest absolute Gasteiger partial charge is 0.352 e. The van der Waals surface area contributed by atoms with Crippen molar-refractivity contribution in [3.05, 3.63) is 35.4 Å². The number of hydrogen-bond donors (Lipinski definition) is 4. The Kier molecular flexibility index (Phi) is 8.30. The Balaban J connectivity index is 1.57. The monoisotopic (exact) mass is 564 g/mol. The number of allylic oxidation sites excluding steroid dienone is 1. The van der Waals surface area contributed by atoms with Gasteiger partial charge >= 0.3 is 6.03 Å². The van der Waals surface area contributed by atoms with E-state index in [0.717, 1.165) is 50.2 Å². The second-order valence-electron chi connectivity index (χ2n) is 10.6. The third-order valence-corrected chi connectivity index (χ3v) is 9.74. The van der Waals surface area contributed by atoms with Gasteiger partial charge in [0.15, 0.2) is 11.6 Å². The van der Waals surface area contributed by atoms with E-state index in [4.69, 9.17) is 0 Å². The molecule has 1 aromatic rings. The molecule has 1 aromatic carbocycles. The lowest BCUT2D eigenvalue weighted by Gasteiger charge is -2.52. The van der Waals surface area contributed by atoms with Crippen LogP contribution in [0.2, 0.25) is 0 Å². The summed E-state index contributed by atoms with van der Waals surface area (Å²) < 4.78 is 54.4. The number of sulfonamides is 1. The van der Waals surface area contributed by atoms with E-state index in [-0.39, 0.29) is 16.3 Å². The molecule has 5 atom stereocenters. The number of anilines is 1. The van der Waals surface area contributed by atoms with Gasteiger partial charge in [0.05, 0.1) is 11.8 Å². The zero-order valence-electron chi connectivity index (χ0n) is 22.2. The van der Waals surface area contributed by atoms with Gasteiger partial charge in [-0.25, -0.2) is 26.3 Å². The van der Waals surface area contributed by atoms with Crippen LogP contribution in [0.5, 0.6) is 0 Å².